The number of methoxy groups -OCH3 is 1. The van der Waals surface area contributed by atoms with E-state index in [1.165, 1.54) is 0 Å². The lowest BCUT2D eigenvalue weighted by molar-refractivity contribution is 0.0317. The van der Waals surface area contributed by atoms with E-state index in [2.05, 4.69) is 10.3 Å². The molecule has 1 aliphatic heterocycles. The molecule has 0 aromatic carbocycles. The van der Waals surface area contributed by atoms with Crippen molar-refractivity contribution in [2.75, 3.05) is 20.2 Å². The van der Waals surface area contributed by atoms with Crippen molar-refractivity contribution in [1.29, 1.82) is 0 Å². The highest BCUT2D eigenvalue weighted by Gasteiger charge is 2.34. The van der Waals surface area contributed by atoms with Gasteiger partial charge < -0.3 is 14.8 Å². The highest BCUT2D eigenvalue weighted by molar-refractivity contribution is 6.29. The van der Waals surface area contributed by atoms with E-state index in [9.17, 15) is 0 Å². The smallest absolute Gasteiger partial charge is 0.258 e. The fourth-order valence-electron chi connectivity index (χ4n) is 1.44. The molecule has 1 saturated heterocycles. The lowest BCUT2D eigenvalue weighted by Gasteiger charge is -2.39. The fraction of sp³-hybridized carbons (Fsp3) is 0.500. The first-order chi connectivity index (χ1) is 7.13. The first-order valence-corrected chi connectivity index (χ1v) is 5.11. The molecule has 2 heterocycles. The van der Waals surface area contributed by atoms with Crippen LogP contribution in [0.15, 0.2) is 12.1 Å². The number of rotatable bonds is 3. The van der Waals surface area contributed by atoms with Crippen LogP contribution in [0.1, 0.15) is 6.92 Å². The van der Waals surface area contributed by atoms with Crippen molar-refractivity contribution in [3.8, 4) is 11.6 Å². The third kappa shape index (κ3) is 2.16. The number of pyridine rings is 1. The van der Waals surface area contributed by atoms with Gasteiger partial charge in [0.25, 0.3) is 5.88 Å². The number of ether oxygens (including phenoxy) is 2. The zero-order valence-electron chi connectivity index (χ0n) is 8.71. The predicted octanol–water partition coefficient (Wildman–Crippen LogP) is 1.48. The Morgan fingerprint density at radius 1 is 1.47 bits per heavy atom. The second kappa shape index (κ2) is 3.87. The standard InChI is InChI=1S/C10H13ClN2O2/c1-10(5-12-6-10)15-7-3-4-8(11)13-9(7)14-2/h3-4,12H,5-6H2,1-2H3. The van der Waals surface area contributed by atoms with E-state index in [0.717, 1.165) is 13.1 Å². The van der Waals surface area contributed by atoms with Crippen molar-refractivity contribution < 1.29 is 9.47 Å². The summed E-state index contributed by atoms with van der Waals surface area (Å²) >= 11 is 5.76. The number of aromatic nitrogens is 1. The molecule has 0 amide bonds. The quantitative estimate of drug-likeness (QED) is 0.796. The first-order valence-electron chi connectivity index (χ1n) is 4.73. The Labute approximate surface area is 93.6 Å². The Morgan fingerprint density at radius 3 is 2.73 bits per heavy atom. The van der Waals surface area contributed by atoms with E-state index >= 15 is 0 Å². The maximum absolute atomic E-state index is 5.81. The van der Waals surface area contributed by atoms with Crippen LogP contribution in [0.2, 0.25) is 5.15 Å². The molecule has 4 nitrogen and oxygen atoms in total. The molecule has 82 valence electrons. The molecular formula is C10H13ClN2O2. The van der Waals surface area contributed by atoms with Gasteiger partial charge >= 0.3 is 0 Å². The van der Waals surface area contributed by atoms with Gasteiger partial charge in [0.15, 0.2) is 5.75 Å². The molecule has 0 atom stereocenters. The molecule has 1 aliphatic rings. The summed E-state index contributed by atoms with van der Waals surface area (Å²) < 4.78 is 10.9. The summed E-state index contributed by atoms with van der Waals surface area (Å²) in [7, 11) is 1.55. The minimum atomic E-state index is -0.164. The topological polar surface area (TPSA) is 43.4 Å². The summed E-state index contributed by atoms with van der Waals surface area (Å²) in [6.07, 6.45) is 0. The largest absolute Gasteiger partial charge is 0.479 e. The Hall–Kier alpha value is -1.00. The third-order valence-corrected chi connectivity index (χ3v) is 2.55. The molecule has 1 aromatic rings. The molecule has 0 saturated carbocycles. The fourth-order valence-corrected chi connectivity index (χ4v) is 1.58. The van der Waals surface area contributed by atoms with Crippen LogP contribution in [0.4, 0.5) is 0 Å². The lowest BCUT2D eigenvalue weighted by atomic mass is 10.00. The van der Waals surface area contributed by atoms with Crippen LogP contribution >= 0.6 is 11.6 Å². The van der Waals surface area contributed by atoms with Crippen molar-refractivity contribution in [3.05, 3.63) is 17.3 Å². The van der Waals surface area contributed by atoms with Crippen LogP contribution in [0, 0.1) is 0 Å². The van der Waals surface area contributed by atoms with Crippen LogP contribution in [0.5, 0.6) is 11.6 Å². The summed E-state index contributed by atoms with van der Waals surface area (Å²) in [5.41, 5.74) is -0.164. The monoisotopic (exact) mass is 228 g/mol. The van der Waals surface area contributed by atoms with Gasteiger partial charge in [-0.2, -0.15) is 4.98 Å². The highest BCUT2D eigenvalue weighted by Crippen LogP contribution is 2.30. The molecule has 0 radical (unpaired) electrons. The van der Waals surface area contributed by atoms with Gasteiger partial charge in [0.1, 0.15) is 10.8 Å². The Balaban J connectivity index is 2.20. The van der Waals surface area contributed by atoms with Crippen molar-refractivity contribution in [1.82, 2.24) is 10.3 Å². The molecule has 1 aromatic heterocycles. The molecule has 2 rings (SSSR count). The second-order valence-corrected chi connectivity index (χ2v) is 4.18. The minimum Gasteiger partial charge on any atom is -0.479 e. The number of halogens is 1. The number of nitrogens with zero attached hydrogens (tertiary/aromatic N) is 1. The van der Waals surface area contributed by atoms with Crippen LogP contribution < -0.4 is 14.8 Å². The zero-order valence-corrected chi connectivity index (χ0v) is 9.47. The Morgan fingerprint density at radius 2 is 2.20 bits per heavy atom. The minimum absolute atomic E-state index is 0.164. The molecule has 1 fully saturated rings. The average molecular weight is 229 g/mol. The van der Waals surface area contributed by atoms with Gasteiger partial charge in [0, 0.05) is 13.1 Å². The van der Waals surface area contributed by atoms with Gasteiger partial charge in [0.2, 0.25) is 0 Å². The molecule has 1 N–H and O–H groups in total. The van der Waals surface area contributed by atoms with Gasteiger partial charge in [0.05, 0.1) is 7.11 Å². The third-order valence-electron chi connectivity index (χ3n) is 2.34. The van der Waals surface area contributed by atoms with Gasteiger partial charge in [-0.1, -0.05) is 11.6 Å². The van der Waals surface area contributed by atoms with Gasteiger partial charge in [-0.25, -0.2) is 0 Å². The number of hydrogen-bond acceptors (Lipinski definition) is 4. The first kappa shape index (κ1) is 10.5. The summed E-state index contributed by atoms with van der Waals surface area (Å²) in [6.45, 7) is 3.70. The average Bonchev–Trinajstić information content (AvgIpc) is 2.18. The molecule has 5 heteroatoms. The molecule has 0 spiro atoms. The van der Waals surface area contributed by atoms with Crippen molar-refractivity contribution >= 4 is 11.6 Å². The van der Waals surface area contributed by atoms with E-state index in [4.69, 9.17) is 21.1 Å². The van der Waals surface area contributed by atoms with E-state index < -0.39 is 0 Å². The lowest BCUT2D eigenvalue weighted by Crippen LogP contribution is -2.61. The van der Waals surface area contributed by atoms with Crippen LogP contribution in [0.25, 0.3) is 0 Å². The van der Waals surface area contributed by atoms with E-state index in [-0.39, 0.29) is 5.60 Å². The van der Waals surface area contributed by atoms with Crippen molar-refractivity contribution in [2.24, 2.45) is 0 Å². The number of hydrogen-bond donors (Lipinski definition) is 1. The molecule has 0 bridgehead atoms. The van der Waals surface area contributed by atoms with Gasteiger partial charge in [-0.15, -0.1) is 0 Å². The normalized spacial score (nSPS) is 18.1. The van der Waals surface area contributed by atoms with Crippen LogP contribution in [-0.2, 0) is 0 Å². The Bertz CT molecular complexity index is 366. The summed E-state index contributed by atoms with van der Waals surface area (Å²) in [6, 6.07) is 3.46. The van der Waals surface area contributed by atoms with Crippen LogP contribution in [0.3, 0.4) is 0 Å². The predicted molar refractivity (Wildman–Crippen MR) is 57.7 cm³/mol. The van der Waals surface area contributed by atoms with E-state index in [0.29, 0.717) is 16.8 Å². The van der Waals surface area contributed by atoms with Gasteiger partial charge in [-0.05, 0) is 19.1 Å². The summed E-state index contributed by atoms with van der Waals surface area (Å²) in [4.78, 5) is 4.03. The molecule has 0 unspecified atom stereocenters. The SMILES string of the molecule is COc1nc(Cl)ccc1OC1(C)CNC1. The van der Waals surface area contributed by atoms with Gasteiger partial charge in [-0.3, -0.25) is 0 Å². The second-order valence-electron chi connectivity index (χ2n) is 3.80. The van der Waals surface area contributed by atoms with Crippen LogP contribution in [-0.4, -0.2) is 30.8 Å². The molecule has 0 aliphatic carbocycles. The zero-order chi connectivity index (χ0) is 10.9. The number of nitrogens with one attached hydrogen (secondary N) is 1. The highest BCUT2D eigenvalue weighted by atomic mass is 35.5. The van der Waals surface area contributed by atoms with Crippen molar-refractivity contribution in [3.63, 3.8) is 0 Å². The molecular weight excluding hydrogens is 216 g/mol. The summed E-state index contributed by atoms with van der Waals surface area (Å²) in [5, 5.41) is 3.56. The molecule has 15 heavy (non-hydrogen) atoms. The summed E-state index contributed by atoms with van der Waals surface area (Å²) in [5.74, 6) is 1.06. The van der Waals surface area contributed by atoms with Crippen molar-refractivity contribution in [2.45, 2.75) is 12.5 Å². The van der Waals surface area contributed by atoms with E-state index in [1.54, 1.807) is 19.2 Å². The maximum Gasteiger partial charge on any atom is 0.258 e. The Kier molecular flexibility index (Phi) is 2.71. The maximum atomic E-state index is 5.81. The van der Waals surface area contributed by atoms with E-state index in [1.807, 2.05) is 6.92 Å².